The lowest BCUT2D eigenvalue weighted by Crippen LogP contribution is -2.27. The molecule has 1 aromatic carbocycles. The summed E-state index contributed by atoms with van der Waals surface area (Å²) >= 11 is 3.85. The van der Waals surface area contributed by atoms with Crippen molar-refractivity contribution >= 4 is 29.5 Å². The van der Waals surface area contributed by atoms with Crippen LogP contribution in [0.5, 0.6) is 0 Å². The number of hydrogen-bond acceptors (Lipinski definition) is 5. The molecule has 0 aliphatic rings. The smallest absolute Gasteiger partial charge is 0.302 e. The van der Waals surface area contributed by atoms with E-state index in [1.54, 1.807) is 0 Å². The third-order valence-electron chi connectivity index (χ3n) is 2.61. The van der Waals surface area contributed by atoms with E-state index in [1.165, 1.54) is 12.5 Å². The molecule has 0 atom stereocenters. The number of carbonyl (C=O) groups excluding carboxylic acids is 1. The number of esters is 1. The van der Waals surface area contributed by atoms with E-state index in [1.807, 2.05) is 29.6 Å². The number of hydrogen-bond donors (Lipinski definition) is 0. The van der Waals surface area contributed by atoms with E-state index < -0.39 is 0 Å². The zero-order valence-corrected chi connectivity index (χ0v) is 13.8. The van der Waals surface area contributed by atoms with Gasteiger partial charge >= 0.3 is 5.97 Å². The van der Waals surface area contributed by atoms with E-state index in [2.05, 4.69) is 36.1 Å². The van der Waals surface area contributed by atoms with Crippen LogP contribution in [-0.4, -0.2) is 40.7 Å². The molecule has 112 valence electrons. The van der Waals surface area contributed by atoms with Crippen molar-refractivity contribution in [3.8, 4) is 0 Å². The van der Waals surface area contributed by atoms with Crippen LogP contribution in [0.2, 0.25) is 0 Å². The maximum Gasteiger partial charge on any atom is 0.302 e. The molecule has 3 nitrogen and oxygen atoms in total. The van der Waals surface area contributed by atoms with E-state index in [4.69, 9.17) is 4.74 Å². The Bertz CT molecular complexity index is 373. The Hall–Kier alpha value is -0.650. The van der Waals surface area contributed by atoms with Crippen LogP contribution in [0.3, 0.4) is 0 Å². The molecule has 0 saturated carbocycles. The molecule has 0 radical (unpaired) electrons. The molecule has 0 unspecified atom stereocenters. The topological polar surface area (TPSA) is 29.5 Å². The van der Waals surface area contributed by atoms with Crippen LogP contribution in [0.25, 0.3) is 0 Å². The Morgan fingerprint density at radius 1 is 1.25 bits per heavy atom. The fourth-order valence-electron chi connectivity index (χ4n) is 1.66. The number of thioether (sulfide) groups is 2. The van der Waals surface area contributed by atoms with Crippen molar-refractivity contribution in [1.82, 2.24) is 4.90 Å². The molecule has 0 spiro atoms. The maximum atomic E-state index is 10.8. The minimum atomic E-state index is -0.209. The van der Waals surface area contributed by atoms with Crippen molar-refractivity contribution in [2.75, 3.05) is 29.9 Å². The fourth-order valence-corrected chi connectivity index (χ4v) is 3.57. The molecule has 5 heteroatoms. The summed E-state index contributed by atoms with van der Waals surface area (Å²) in [4.78, 5) is 13.2. The Morgan fingerprint density at radius 3 is 2.65 bits per heavy atom. The van der Waals surface area contributed by atoms with E-state index in [9.17, 15) is 4.79 Å². The second-order valence-electron chi connectivity index (χ2n) is 4.32. The highest BCUT2D eigenvalue weighted by atomic mass is 32.2. The van der Waals surface area contributed by atoms with Gasteiger partial charge in [0.15, 0.2) is 0 Å². The van der Waals surface area contributed by atoms with Gasteiger partial charge in [-0.3, -0.25) is 9.69 Å². The molecule has 0 N–H and O–H groups in total. The van der Waals surface area contributed by atoms with Gasteiger partial charge in [-0.2, -0.15) is 11.8 Å². The minimum absolute atomic E-state index is 0.209. The third kappa shape index (κ3) is 8.51. The average molecular weight is 313 g/mol. The summed E-state index contributed by atoms with van der Waals surface area (Å²) in [6.45, 7) is 5.76. The molecule has 0 saturated heterocycles. The quantitative estimate of drug-likeness (QED) is 0.375. The number of carbonyl (C=O) groups is 1. The van der Waals surface area contributed by atoms with Gasteiger partial charge in [-0.25, -0.2) is 0 Å². The largest absolute Gasteiger partial charge is 0.465 e. The summed E-state index contributed by atoms with van der Waals surface area (Å²) in [7, 11) is 0. The van der Waals surface area contributed by atoms with Crippen molar-refractivity contribution in [2.45, 2.75) is 20.4 Å². The van der Waals surface area contributed by atoms with Gasteiger partial charge in [0.05, 0.1) is 0 Å². The highest BCUT2D eigenvalue weighted by Gasteiger charge is 2.07. The molecular formula is C15H23NO2S2. The first-order valence-electron chi connectivity index (χ1n) is 6.77. The lowest BCUT2D eigenvalue weighted by atomic mass is 10.2. The monoisotopic (exact) mass is 313 g/mol. The third-order valence-corrected chi connectivity index (χ3v) is 4.90. The Morgan fingerprint density at radius 2 is 2.00 bits per heavy atom. The number of rotatable bonds is 10. The number of nitrogens with zero attached hydrogens (tertiary/aromatic N) is 1. The zero-order chi connectivity index (χ0) is 14.6. The zero-order valence-electron chi connectivity index (χ0n) is 12.2. The van der Waals surface area contributed by atoms with Crippen LogP contribution in [0.4, 0.5) is 0 Å². The molecule has 0 heterocycles. The molecular weight excluding hydrogens is 290 g/mol. The second-order valence-corrected chi connectivity index (χ2v) is 6.92. The maximum absolute atomic E-state index is 10.8. The van der Waals surface area contributed by atoms with Gasteiger partial charge in [0.25, 0.3) is 0 Å². The van der Waals surface area contributed by atoms with Crippen LogP contribution >= 0.6 is 23.5 Å². The SMILES string of the molecule is CCSCSCN(CCOC(C)=O)Cc1ccccc1. The highest BCUT2D eigenvalue weighted by molar-refractivity contribution is 8.15. The van der Waals surface area contributed by atoms with Gasteiger partial charge in [-0.05, 0) is 11.3 Å². The van der Waals surface area contributed by atoms with Gasteiger partial charge in [-0.1, -0.05) is 37.3 Å². The average Bonchev–Trinajstić information content (AvgIpc) is 2.44. The molecule has 0 amide bonds. The molecule has 1 aromatic rings. The molecule has 0 aromatic heterocycles. The van der Waals surface area contributed by atoms with Gasteiger partial charge in [0.1, 0.15) is 6.61 Å². The summed E-state index contributed by atoms with van der Waals surface area (Å²) in [5.41, 5.74) is 1.29. The summed E-state index contributed by atoms with van der Waals surface area (Å²) in [5, 5.41) is 1.11. The van der Waals surface area contributed by atoms with Crippen molar-refractivity contribution in [2.24, 2.45) is 0 Å². The second kappa shape index (κ2) is 11.1. The first kappa shape index (κ1) is 17.4. The minimum Gasteiger partial charge on any atom is -0.465 e. The van der Waals surface area contributed by atoms with Crippen LogP contribution in [0, 0.1) is 0 Å². The normalized spacial score (nSPS) is 10.8. The summed E-state index contributed by atoms with van der Waals surface area (Å²) < 4.78 is 5.04. The van der Waals surface area contributed by atoms with Gasteiger partial charge in [0.2, 0.25) is 0 Å². The molecule has 1 rings (SSSR count). The first-order chi connectivity index (χ1) is 9.72. The molecule has 20 heavy (non-hydrogen) atoms. The molecule has 0 bridgehead atoms. The molecule has 0 fully saturated rings. The lowest BCUT2D eigenvalue weighted by molar-refractivity contribution is -0.141. The number of benzene rings is 1. The van der Waals surface area contributed by atoms with Crippen molar-refractivity contribution in [1.29, 1.82) is 0 Å². The van der Waals surface area contributed by atoms with Gasteiger partial charge < -0.3 is 4.74 Å². The van der Waals surface area contributed by atoms with E-state index in [0.29, 0.717) is 6.61 Å². The molecule has 0 aliphatic carbocycles. The Kier molecular flexibility index (Phi) is 9.62. The Labute approximate surface area is 130 Å². The predicted octanol–water partition coefficient (Wildman–Crippen LogP) is 3.45. The highest BCUT2D eigenvalue weighted by Crippen LogP contribution is 2.14. The predicted molar refractivity (Wildman–Crippen MR) is 88.9 cm³/mol. The van der Waals surface area contributed by atoms with Crippen LogP contribution in [0.15, 0.2) is 30.3 Å². The summed E-state index contributed by atoms with van der Waals surface area (Å²) in [6.07, 6.45) is 0. The standard InChI is InChI=1S/C15H23NO2S2/c1-3-19-13-20-12-16(9-10-18-14(2)17)11-15-7-5-4-6-8-15/h4-8H,3,9-13H2,1-2H3. The summed E-state index contributed by atoms with van der Waals surface area (Å²) in [6, 6.07) is 10.4. The van der Waals surface area contributed by atoms with E-state index >= 15 is 0 Å². The van der Waals surface area contributed by atoms with Crippen LogP contribution in [-0.2, 0) is 16.1 Å². The molecule has 0 aliphatic heterocycles. The summed E-state index contributed by atoms with van der Waals surface area (Å²) in [5.74, 6) is 1.90. The van der Waals surface area contributed by atoms with Gasteiger partial charge in [0, 0.05) is 31.0 Å². The van der Waals surface area contributed by atoms with Crippen molar-refractivity contribution in [3.05, 3.63) is 35.9 Å². The fraction of sp³-hybridized carbons (Fsp3) is 0.533. The van der Waals surface area contributed by atoms with Crippen LogP contribution in [0.1, 0.15) is 19.4 Å². The van der Waals surface area contributed by atoms with Crippen LogP contribution < -0.4 is 0 Å². The van der Waals surface area contributed by atoms with E-state index in [-0.39, 0.29) is 5.97 Å². The van der Waals surface area contributed by atoms with Crippen molar-refractivity contribution in [3.63, 3.8) is 0 Å². The van der Waals surface area contributed by atoms with Crippen molar-refractivity contribution < 1.29 is 9.53 Å². The Balaban J connectivity index is 2.39. The van der Waals surface area contributed by atoms with Gasteiger partial charge in [-0.15, -0.1) is 11.8 Å². The first-order valence-corrected chi connectivity index (χ1v) is 9.08. The van der Waals surface area contributed by atoms with E-state index in [0.717, 1.165) is 29.8 Å². The lowest BCUT2D eigenvalue weighted by Gasteiger charge is -2.21. The number of ether oxygens (including phenoxy) is 1.